The quantitative estimate of drug-likeness (QED) is 0.713. The van der Waals surface area contributed by atoms with Crippen molar-refractivity contribution in [2.24, 2.45) is 5.92 Å². The normalized spacial score (nSPS) is 10.6. The highest BCUT2D eigenvalue weighted by molar-refractivity contribution is 14.1. The first-order valence-corrected chi connectivity index (χ1v) is 6.99. The summed E-state index contributed by atoms with van der Waals surface area (Å²) in [7, 11) is 1.84. The van der Waals surface area contributed by atoms with Crippen LogP contribution in [0.3, 0.4) is 0 Å². The Hall–Kier alpha value is -0.100. The van der Waals surface area contributed by atoms with E-state index in [1.54, 1.807) is 4.90 Å². The number of rotatable bonds is 3. The van der Waals surface area contributed by atoms with E-state index in [0.29, 0.717) is 5.92 Å². The fourth-order valence-corrected chi connectivity index (χ4v) is 2.41. The highest BCUT2D eigenvalue weighted by Crippen LogP contribution is 2.21. The van der Waals surface area contributed by atoms with Gasteiger partial charge in [-0.15, -0.1) is 0 Å². The smallest absolute Gasteiger partial charge is 0.254 e. The van der Waals surface area contributed by atoms with Crippen LogP contribution in [0.25, 0.3) is 0 Å². The molecule has 0 spiro atoms. The van der Waals surface area contributed by atoms with Crippen LogP contribution >= 0.6 is 38.5 Å². The van der Waals surface area contributed by atoms with Gasteiger partial charge in [0.25, 0.3) is 5.91 Å². The summed E-state index contributed by atoms with van der Waals surface area (Å²) in [6.07, 6.45) is 0. The van der Waals surface area contributed by atoms with Crippen LogP contribution in [-0.2, 0) is 0 Å². The minimum absolute atomic E-state index is 0.0686. The van der Waals surface area contributed by atoms with Crippen molar-refractivity contribution >= 4 is 44.4 Å². The van der Waals surface area contributed by atoms with Crippen molar-refractivity contribution in [3.8, 4) is 0 Å². The summed E-state index contributed by atoms with van der Waals surface area (Å²) < 4.78 is 1.93. The Kier molecular flexibility index (Phi) is 5.24. The molecule has 1 amide bonds. The molecule has 88 valence electrons. The number of halogens is 2. The monoisotopic (exact) mass is 395 g/mol. The number of nitrogens with zero attached hydrogens (tertiary/aromatic N) is 1. The highest BCUT2D eigenvalue weighted by Gasteiger charge is 2.15. The molecule has 0 fully saturated rings. The van der Waals surface area contributed by atoms with Crippen molar-refractivity contribution < 1.29 is 4.79 Å². The third kappa shape index (κ3) is 3.73. The van der Waals surface area contributed by atoms with E-state index in [2.05, 4.69) is 52.4 Å². The largest absolute Gasteiger partial charge is 0.341 e. The molecular weight excluding hydrogens is 381 g/mol. The summed E-state index contributed by atoms with van der Waals surface area (Å²) >= 11 is 5.63. The van der Waals surface area contributed by atoms with Crippen LogP contribution in [-0.4, -0.2) is 24.4 Å². The van der Waals surface area contributed by atoms with Crippen LogP contribution in [0.15, 0.2) is 22.7 Å². The molecule has 0 saturated heterocycles. The molecule has 4 heteroatoms. The summed E-state index contributed by atoms with van der Waals surface area (Å²) in [6, 6.07) is 5.80. The van der Waals surface area contributed by atoms with E-state index in [4.69, 9.17) is 0 Å². The molecule has 0 aromatic heterocycles. The topological polar surface area (TPSA) is 20.3 Å². The maximum absolute atomic E-state index is 12.1. The average molecular weight is 396 g/mol. The van der Waals surface area contributed by atoms with Crippen LogP contribution in [0.2, 0.25) is 0 Å². The lowest BCUT2D eigenvalue weighted by Gasteiger charge is -2.20. The van der Waals surface area contributed by atoms with E-state index in [9.17, 15) is 4.79 Å². The summed E-state index contributed by atoms with van der Waals surface area (Å²) in [5, 5.41) is 0. The van der Waals surface area contributed by atoms with Crippen molar-refractivity contribution in [2.75, 3.05) is 13.6 Å². The summed E-state index contributed by atoms with van der Waals surface area (Å²) in [4.78, 5) is 13.9. The Labute approximate surface area is 119 Å². The Morgan fingerprint density at radius 2 is 2.12 bits per heavy atom. The van der Waals surface area contributed by atoms with Gasteiger partial charge in [0, 0.05) is 21.6 Å². The molecule has 0 unspecified atom stereocenters. The lowest BCUT2D eigenvalue weighted by Crippen LogP contribution is -2.30. The zero-order valence-corrected chi connectivity index (χ0v) is 13.4. The van der Waals surface area contributed by atoms with E-state index in [1.807, 2.05) is 25.2 Å². The number of amides is 1. The molecular formula is C12H15BrINO. The molecule has 0 aliphatic heterocycles. The van der Waals surface area contributed by atoms with Gasteiger partial charge in [-0.3, -0.25) is 4.79 Å². The van der Waals surface area contributed by atoms with Gasteiger partial charge in [0.2, 0.25) is 0 Å². The average Bonchev–Trinajstić information content (AvgIpc) is 2.19. The van der Waals surface area contributed by atoms with Gasteiger partial charge >= 0.3 is 0 Å². The number of carbonyl (C=O) groups is 1. The second-order valence-electron chi connectivity index (χ2n) is 4.20. The number of carbonyl (C=O) groups excluding carboxylic acids is 1. The van der Waals surface area contributed by atoms with E-state index in [-0.39, 0.29) is 5.91 Å². The lowest BCUT2D eigenvalue weighted by molar-refractivity contribution is 0.0778. The molecule has 0 aliphatic carbocycles. The third-order valence-electron chi connectivity index (χ3n) is 2.14. The van der Waals surface area contributed by atoms with E-state index < -0.39 is 0 Å². The van der Waals surface area contributed by atoms with Crippen molar-refractivity contribution in [1.29, 1.82) is 0 Å². The van der Waals surface area contributed by atoms with Gasteiger partial charge in [0.15, 0.2) is 0 Å². The molecule has 0 aliphatic rings. The Balaban J connectivity index is 2.91. The fourth-order valence-electron chi connectivity index (χ4n) is 1.50. The summed E-state index contributed by atoms with van der Waals surface area (Å²) in [5.74, 6) is 0.551. The van der Waals surface area contributed by atoms with E-state index in [1.165, 1.54) is 0 Å². The molecule has 2 nitrogen and oxygen atoms in total. The third-order valence-corrected chi connectivity index (χ3v) is 3.51. The molecule has 0 saturated carbocycles. The predicted octanol–water partition coefficient (Wildman–Crippen LogP) is 3.78. The van der Waals surface area contributed by atoms with Crippen LogP contribution < -0.4 is 0 Å². The van der Waals surface area contributed by atoms with Gasteiger partial charge in [-0.2, -0.15) is 0 Å². The molecule has 1 rings (SSSR count). The number of hydrogen-bond donors (Lipinski definition) is 0. The zero-order chi connectivity index (χ0) is 12.3. The number of benzene rings is 1. The van der Waals surface area contributed by atoms with Crippen LogP contribution in [0.5, 0.6) is 0 Å². The minimum atomic E-state index is 0.0686. The molecule has 16 heavy (non-hydrogen) atoms. The van der Waals surface area contributed by atoms with E-state index >= 15 is 0 Å². The van der Waals surface area contributed by atoms with Crippen LogP contribution in [0.1, 0.15) is 24.2 Å². The molecule has 1 aromatic carbocycles. The molecule has 0 atom stereocenters. The van der Waals surface area contributed by atoms with Crippen molar-refractivity contribution in [3.05, 3.63) is 31.8 Å². The van der Waals surface area contributed by atoms with E-state index in [0.717, 1.165) is 20.2 Å². The van der Waals surface area contributed by atoms with Crippen LogP contribution in [0.4, 0.5) is 0 Å². The second kappa shape index (κ2) is 6.00. The molecule has 0 N–H and O–H groups in total. The minimum Gasteiger partial charge on any atom is -0.341 e. The fraction of sp³-hybridized carbons (Fsp3) is 0.417. The first-order chi connectivity index (χ1) is 7.41. The van der Waals surface area contributed by atoms with Crippen molar-refractivity contribution in [2.45, 2.75) is 13.8 Å². The first-order valence-electron chi connectivity index (χ1n) is 5.12. The standard InChI is InChI=1S/C12H15BrINO/c1-8(2)7-15(3)12(16)10-6-9(14)4-5-11(10)13/h4-6,8H,7H2,1-3H3. The van der Waals surface area contributed by atoms with Gasteiger partial charge in [0.05, 0.1) is 5.56 Å². The zero-order valence-electron chi connectivity index (χ0n) is 9.63. The summed E-state index contributed by atoms with van der Waals surface area (Å²) in [6.45, 7) is 4.98. The molecule has 0 heterocycles. The van der Waals surface area contributed by atoms with Gasteiger partial charge in [0.1, 0.15) is 0 Å². The Morgan fingerprint density at radius 1 is 1.50 bits per heavy atom. The maximum Gasteiger partial charge on any atom is 0.254 e. The molecule has 1 aromatic rings. The summed E-state index contributed by atoms with van der Waals surface area (Å²) in [5.41, 5.74) is 0.732. The Bertz CT molecular complexity index is 393. The predicted molar refractivity (Wildman–Crippen MR) is 78.7 cm³/mol. The first kappa shape index (κ1) is 14.0. The van der Waals surface area contributed by atoms with Gasteiger partial charge in [-0.05, 0) is 62.6 Å². The molecule has 0 radical (unpaired) electrons. The SMILES string of the molecule is CC(C)CN(C)C(=O)c1cc(I)ccc1Br. The van der Waals surface area contributed by atoms with Crippen LogP contribution in [0, 0.1) is 9.49 Å². The Morgan fingerprint density at radius 3 is 2.69 bits per heavy atom. The van der Waals surface area contributed by atoms with Gasteiger partial charge < -0.3 is 4.90 Å². The highest BCUT2D eigenvalue weighted by atomic mass is 127. The van der Waals surface area contributed by atoms with Gasteiger partial charge in [-0.1, -0.05) is 13.8 Å². The van der Waals surface area contributed by atoms with Crippen molar-refractivity contribution in [1.82, 2.24) is 4.90 Å². The van der Waals surface area contributed by atoms with Gasteiger partial charge in [-0.25, -0.2) is 0 Å². The number of hydrogen-bond acceptors (Lipinski definition) is 1. The lowest BCUT2D eigenvalue weighted by atomic mass is 10.1. The second-order valence-corrected chi connectivity index (χ2v) is 6.30. The molecule has 0 bridgehead atoms. The van der Waals surface area contributed by atoms with Crippen molar-refractivity contribution in [3.63, 3.8) is 0 Å². The maximum atomic E-state index is 12.1.